The van der Waals surface area contributed by atoms with E-state index in [9.17, 15) is 4.79 Å². The van der Waals surface area contributed by atoms with Crippen molar-refractivity contribution in [3.63, 3.8) is 0 Å². The lowest BCUT2D eigenvalue weighted by Gasteiger charge is -2.27. The summed E-state index contributed by atoms with van der Waals surface area (Å²) in [5.74, 6) is -0.910. The van der Waals surface area contributed by atoms with E-state index in [1.54, 1.807) is 13.8 Å². The first kappa shape index (κ1) is 19.2. The van der Waals surface area contributed by atoms with Crippen LogP contribution in [-0.2, 0) is 8.91 Å². The van der Waals surface area contributed by atoms with E-state index < -0.39 is 28.6 Å². The second-order valence-electron chi connectivity index (χ2n) is 6.43. The minimum Gasteiger partial charge on any atom is -0.480 e. The van der Waals surface area contributed by atoms with Gasteiger partial charge in [0.05, 0.1) is 0 Å². The predicted octanol–water partition coefficient (Wildman–Crippen LogP) is 2.73. The van der Waals surface area contributed by atoms with Crippen LogP contribution in [0.4, 0.5) is 0 Å². The van der Waals surface area contributed by atoms with Gasteiger partial charge >= 0.3 is 5.97 Å². The average molecular weight is 280 g/mol. The first-order valence-corrected chi connectivity index (χ1v) is 12.8. The van der Waals surface area contributed by atoms with Crippen molar-refractivity contribution in [1.82, 2.24) is 0 Å². The normalized spacial score (nSPS) is 14.0. The Kier molecular flexibility index (Phi) is 8.23. The Balaban J connectivity index is 0. The summed E-state index contributed by atoms with van der Waals surface area (Å²) in [5, 5.41) is 8.23. The lowest BCUT2D eigenvalue weighted by Crippen LogP contribution is -2.39. The zero-order chi connectivity index (χ0) is 14.4. The van der Waals surface area contributed by atoms with Crippen LogP contribution < -0.4 is 5.73 Å². The predicted molar refractivity (Wildman–Crippen MR) is 78.2 cm³/mol. The summed E-state index contributed by atoms with van der Waals surface area (Å²) in [7, 11) is -2.46. The Labute approximate surface area is 108 Å². The molecule has 0 aliphatic carbocycles. The molecule has 0 aliphatic heterocycles. The van der Waals surface area contributed by atoms with Crippen molar-refractivity contribution in [3.05, 3.63) is 0 Å². The minimum absolute atomic E-state index is 0.0208. The highest BCUT2D eigenvalue weighted by Gasteiger charge is 2.24. The Morgan fingerprint density at radius 1 is 1.06 bits per heavy atom. The van der Waals surface area contributed by atoms with Crippen LogP contribution in [0.5, 0.6) is 0 Å². The third kappa shape index (κ3) is 15.8. The van der Waals surface area contributed by atoms with E-state index in [1.807, 2.05) is 0 Å². The molecular weight excluding hydrogens is 250 g/mol. The van der Waals surface area contributed by atoms with Crippen molar-refractivity contribution >= 4 is 22.6 Å². The summed E-state index contributed by atoms with van der Waals surface area (Å²) in [4.78, 5) is 10.0. The van der Waals surface area contributed by atoms with Gasteiger partial charge in [-0.1, -0.05) is 13.8 Å². The zero-order valence-electron chi connectivity index (χ0n) is 12.5. The fraction of sp³-hybridized carbons (Fsp3) is 0.909. The lowest BCUT2D eigenvalue weighted by atomic mass is 10.1. The van der Waals surface area contributed by atoms with E-state index in [4.69, 9.17) is 15.0 Å². The highest BCUT2D eigenvalue weighted by atomic mass is 28.4. The Morgan fingerprint density at radius 3 is 1.35 bits per heavy atom. The van der Waals surface area contributed by atoms with Crippen LogP contribution in [0.1, 0.15) is 13.8 Å². The van der Waals surface area contributed by atoms with Crippen LogP contribution in [-0.4, -0.2) is 33.8 Å². The summed E-state index contributed by atoms with van der Waals surface area (Å²) in [6, 6.07) is -0.713. The van der Waals surface area contributed by atoms with Crippen LogP contribution in [0.3, 0.4) is 0 Å². The van der Waals surface area contributed by atoms with Gasteiger partial charge in [-0.2, -0.15) is 0 Å². The number of carboxylic acid groups (broad SMARTS) is 1. The van der Waals surface area contributed by atoms with Gasteiger partial charge in [-0.25, -0.2) is 0 Å². The number of hydrogen-bond donors (Lipinski definition) is 2. The molecule has 0 radical (unpaired) electrons. The highest BCUT2D eigenvalue weighted by molar-refractivity contribution is 6.83. The van der Waals surface area contributed by atoms with Gasteiger partial charge in [0.15, 0.2) is 16.6 Å². The summed E-state index contributed by atoms with van der Waals surface area (Å²) in [5.41, 5.74) is 5.16. The number of rotatable bonds is 4. The smallest absolute Gasteiger partial charge is 0.320 e. The summed E-state index contributed by atoms with van der Waals surface area (Å²) in [6.07, 6.45) is 0. The largest absolute Gasteiger partial charge is 0.480 e. The second-order valence-corrected chi connectivity index (χ2v) is 15.7. The lowest BCUT2D eigenvalue weighted by molar-refractivity contribution is -0.139. The number of aliphatic carboxylic acids is 1. The fourth-order valence-corrected chi connectivity index (χ4v) is 8.55. The number of carboxylic acids is 1. The molecule has 0 spiro atoms. The first-order chi connectivity index (χ1) is 7.26. The monoisotopic (exact) mass is 279 g/mol. The van der Waals surface area contributed by atoms with Crippen LogP contribution in [0, 0.1) is 5.92 Å². The van der Waals surface area contributed by atoms with Crippen LogP contribution in [0.25, 0.3) is 0 Å². The molecule has 0 fully saturated rings. The second kappa shape index (κ2) is 7.30. The molecule has 0 unspecified atom stereocenters. The molecule has 0 rings (SSSR count). The van der Waals surface area contributed by atoms with E-state index in [-0.39, 0.29) is 5.92 Å². The van der Waals surface area contributed by atoms with Crippen molar-refractivity contribution in [3.8, 4) is 0 Å². The number of nitrogens with two attached hydrogens (primary N) is 1. The molecule has 17 heavy (non-hydrogen) atoms. The maximum Gasteiger partial charge on any atom is 0.320 e. The molecule has 0 amide bonds. The molecule has 0 saturated carbocycles. The van der Waals surface area contributed by atoms with Gasteiger partial charge in [-0.3, -0.25) is 4.79 Å². The molecule has 104 valence electrons. The topological polar surface area (TPSA) is 72.6 Å². The maximum atomic E-state index is 10.0. The van der Waals surface area contributed by atoms with E-state index in [1.165, 1.54) is 0 Å². The Morgan fingerprint density at radius 2 is 1.35 bits per heavy atom. The maximum absolute atomic E-state index is 10.0. The van der Waals surface area contributed by atoms with E-state index in [0.29, 0.717) is 0 Å². The molecule has 0 heterocycles. The third-order valence-corrected chi connectivity index (χ3v) is 6.51. The molecule has 0 aromatic rings. The SMILES string of the molecule is CC(C)[C@H](N)C(=O)O.C[Si](C)(C)O[Si](C)(C)C. The molecule has 0 aromatic carbocycles. The molecule has 0 saturated heterocycles. The van der Waals surface area contributed by atoms with Gasteiger partial charge in [0.25, 0.3) is 0 Å². The average Bonchev–Trinajstić information content (AvgIpc) is 1.96. The summed E-state index contributed by atoms with van der Waals surface area (Å²) < 4.78 is 5.90. The van der Waals surface area contributed by atoms with Crippen LogP contribution in [0.2, 0.25) is 39.3 Å². The zero-order valence-corrected chi connectivity index (χ0v) is 14.5. The summed E-state index contributed by atoms with van der Waals surface area (Å²) >= 11 is 0. The molecule has 3 N–H and O–H groups in total. The van der Waals surface area contributed by atoms with Crippen molar-refractivity contribution in [2.45, 2.75) is 59.2 Å². The molecule has 0 aromatic heterocycles. The van der Waals surface area contributed by atoms with Crippen molar-refractivity contribution in [1.29, 1.82) is 0 Å². The van der Waals surface area contributed by atoms with Crippen molar-refractivity contribution in [2.24, 2.45) is 11.7 Å². The third-order valence-electron chi connectivity index (χ3n) is 1.62. The molecule has 4 nitrogen and oxygen atoms in total. The first-order valence-electron chi connectivity index (χ1n) is 5.95. The van der Waals surface area contributed by atoms with Crippen molar-refractivity contribution in [2.75, 3.05) is 0 Å². The molecule has 1 atom stereocenters. The molecule has 6 heteroatoms. The minimum atomic E-state index is -1.23. The van der Waals surface area contributed by atoms with Crippen molar-refractivity contribution < 1.29 is 14.0 Å². The highest BCUT2D eigenvalue weighted by Crippen LogP contribution is 2.12. The van der Waals surface area contributed by atoms with Gasteiger partial charge in [-0.15, -0.1) is 0 Å². The Hall–Kier alpha value is -0.176. The fourth-order valence-electron chi connectivity index (χ4n) is 1.20. The quantitative estimate of drug-likeness (QED) is 0.776. The van der Waals surface area contributed by atoms with Gasteiger partial charge in [0, 0.05) is 0 Å². The molecule has 0 aliphatic rings. The van der Waals surface area contributed by atoms with Gasteiger partial charge in [-0.05, 0) is 45.2 Å². The molecule has 0 bridgehead atoms. The van der Waals surface area contributed by atoms with E-state index in [0.717, 1.165) is 0 Å². The van der Waals surface area contributed by atoms with E-state index >= 15 is 0 Å². The summed E-state index contributed by atoms with van der Waals surface area (Å²) in [6.45, 7) is 17.0. The van der Waals surface area contributed by atoms with Crippen LogP contribution in [0.15, 0.2) is 0 Å². The molecular formula is C11H29NO3Si2. The van der Waals surface area contributed by atoms with E-state index in [2.05, 4.69) is 39.3 Å². The Bertz CT molecular complexity index is 220. The number of hydrogen-bond acceptors (Lipinski definition) is 3. The number of carbonyl (C=O) groups is 1. The standard InChI is InChI=1S/C6H18OSi2.C5H11NO2/c1-8(2,3)7-9(4,5)6;1-3(2)4(6)5(7)8/h1-6H3;3-4H,6H2,1-2H3,(H,7,8)/t;4-/m.0/s1. The van der Waals surface area contributed by atoms with Gasteiger partial charge in [0.1, 0.15) is 6.04 Å². The van der Waals surface area contributed by atoms with Gasteiger partial charge < -0.3 is 15.0 Å². The van der Waals surface area contributed by atoms with Crippen LogP contribution >= 0.6 is 0 Å². The van der Waals surface area contributed by atoms with Gasteiger partial charge in [0.2, 0.25) is 0 Å².